The average molecular weight is 228 g/mol. The Morgan fingerprint density at radius 2 is 2.35 bits per heavy atom. The number of H-pyrrole nitrogens is 1. The summed E-state index contributed by atoms with van der Waals surface area (Å²) in [7, 11) is 2.20. The molecular weight excluding hydrogens is 212 g/mol. The molecule has 0 aliphatic carbocycles. The van der Waals surface area contributed by atoms with E-state index >= 15 is 0 Å². The Balaban J connectivity index is 1.91. The minimum absolute atomic E-state index is 0.359. The van der Waals surface area contributed by atoms with Gasteiger partial charge in [0.2, 0.25) is 0 Å². The highest BCUT2D eigenvalue weighted by molar-refractivity contribution is 5.89. The maximum Gasteiger partial charge on any atom is 0.129 e. The molecule has 2 aromatic rings. The molecule has 2 aliphatic heterocycles. The summed E-state index contributed by atoms with van der Waals surface area (Å²) in [6.45, 7) is 1.14. The molecule has 1 aromatic heterocycles. The quantitative estimate of drug-likeness (QED) is 0.748. The molecule has 0 spiro atoms. The highest BCUT2D eigenvalue weighted by atomic mass is 16.5. The second-order valence-electron chi connectivity index (χ2n) is 5.19. The molecule has 17 heavy (non-hydrogen) atoms. The number of ether oxygens (including phenoxy) is 1. The zero-order valence-electron chi connectivity index (χ0n) is 9.94. The van der Waals surface area contributed by atoms with E-state index in [0.29, 0.717) is 12.1 Å². The molecule has 1 aromatic carbocycles. The molecule has 0 unspecified atom stereocenters. The van der Waals surface area contributed by atoms with Crippen molar-refractivity contribution in [3.63, 3.8) is 0 Å². The Kier molecular flexibility index (Phi) is 1.83. The van der Waals surface area contributed by atoms with Crippen LogP contribution in [0.3, 0.4) is 0 Å². The van der Waals surface area contributed by atoms with Gasteiger partial charge in [0, 0.05) is 23.6 Å². The van der Waals surface area contributed by atoms with Crippen LogP contribution in [0.4, 0.5) is 0 Å². The number of nitrogens with one attached hydrogen (secondary N) is 1. The first-order valence-corrected chi connectivity index (χ1v) is 6.29. The molecule has 88 valence electrons. The Hall–Kier alpha value is -1.48. The number of aromatic amines is 1. The third-order valence-electron chi connectivity index (χ3n) is 4.22. The lowest BCUT2D eigenvalue weighted by atomic mass is 10.0. The van der Waals surface area contributed by atoms with Gasteiger partial charge in [-0.25, -0.2) is 0 Å². The lowest BCUT2D eigenvalue weighted by Crippen LogP contribution is -2.36. The van der Waals surface area contributed by atoms with Gasteiger partial charge in [0.05, 0.1) is 6.04 Å². The second kappa shape index (κ2) is 3.26. The molecule has 3 heteroatoms. The van der Waals surface area contributed by atoms with E-state index in [1.54, 1.807) is 0 Å². The molecule has 1 saturated heterocycles. The molecule has 2 atom stereocenters. The third kappa shape index (κ3) is 1.26. The number of benzene rings is 1. The van der Waals surface area contributed by atoms with Crippen LogP contribution in [0.5, 0.6) is 5.75 Å². The largest absolute Gasteiger partial charge is 0.488 e. The van der Waals surface area contributed by atoms with Gasteiger partial charge in [-0.1, -0.05) is 6.07 Å². The van der Waals surface area contributed by atoms with Crippen molar-refractivity contribution in [3.8, 4) is 5.75 Å². The number of likely N-dealkylation sites (N-methyl/N-ethyl adjacent to an activating group) is 1. The summed E-state index contributed by atoms with van der Waals surface area (Å²) in [4.78, 5) is 5.77. The van der Waals surface area contributed by atoms with Crippen LogP contribution in [0.15, 0.2) is 24.4 Å². The summed E-state index contributed by atoms with van der Waals surface area (Å²) in [6, 6.07) is 6.81. The topological polar surface area (TPSA) is 28.3 Å². The molecule has 0 radical (unpaired) electrons. The SMILES string of the molecule is CN1CC[C@H]2Oc3cccc4[nH]cc(c34)C[C@@H]21. The summed E-state index contributed by atoms with van der Waals surface area (Å²) in [5.41, 5.74) is 2.59. The maximum atomic E-state index is 6.22. The van der Waals surface area contributed by atoms with Crippen LogP contribution in [-0.2, 0) is 6.42 Å². The van der Waals surface area contributed by atoms with Crippen molar-refractivity contribution in [2.75, 3.05) is 13.6 Å². The summed E-state index contributed by atoms with van der Waals surface area (Å²) in [5, 5.41) is 1.29. The van der Waals surface area contributed by atoms with Crippen LogP contribution in [0, 0.1) is 0 Å². The Morgan fingerprint density at radius 3 is 3.29 bits per heavy atom. The predicted molar refractivity (Wildman–Crippen MR) is 67.5 cm³/mol. The van der Waals surface area contributed by atoms with Gasteiger partial charge < -0.3 is 9.72 Å². The monoisotopic (exact) mass is 228 g/mol. The van der Waals surface area contributed by atoms with Crippen LogP contribution >= 0.6 is 0 Å². The first kappa shape index (κ1) is 9.54. The van der Waals surface area contributed by atoms with Crippen molar-refractivity contribution in [3.05, 3.63) is 30.0 Å². The van der Waals surface area contributed by atoms with Gasteiger partial charge in [0.15, 0.2) is 0 Å². The third-order valence-corrected chi connectivity index (χ3v) is 4.22. The van der Waals surface area contributed by atoms with E-state index in [0.717, 1.165) is 25.1 Å². The van der Waals surface area contributed by atoms with Gasteiger partial charge in [-0.3, -0.25) is 4.90 Å². The number of rotatable bonds is 0. The smallest absolute Gasteiger partial charge is 0.129 e. The maximum absolute atomic E-state index is 6.22. The lowest BCUT2D eigenvalue weighted by Gasteiger charge is -2.23. The molecular formula is C14H16N2O. The van der Waals surface area contributed by atoms with E-state index < -0.39 is 0 Å². The molecule has 0 bridgehead atoms. The van der Waals surface area contributed by atoms with E-state index in [1.807, 2.05) is 0 Å². The highest BCUT2D eigenvalue weighted by Gasteiger charge is 2.36. The second-order valence-corrected chi connectivity index (χ2v) is 5.19. The van der Waals surface area contributed by atoms with Crippen LogP contribution in [0.2, 0.25) is 0 Å². The van der Waals surface area contributed by atoms with Crippen molar-refractivity contribution in [2.24, 2.45) is 0 Å². The molecule has 1 N–H and O–H groups in total. The molecule has 1 fully saturated rings. The Bertz CT molecular complexity index is 575. The summed E-state index contributed by atoms with van der Waals surface area (Å²) in [6.07, 6.45) is 4.74. The number of nitrogens with zero attached hydrogens (tertiary/aromatic N) is 1. The summed E-state index contributed by atoms with van der Waals surface area (Å²) in [5.74, 6) is 1.06. The number of fused-ring (bicyclic) bond motifs is 1. The highest BCUT2D eigenvalue weighted by Crippen LogP contribution is 2.37. The van der Waals surface area contributed by atoms with Crippen molar-refractivity contribution in [1.82, 2.24) is 9.88 Å². The van der Waals surface area contributed by atoms with Crippen LogP contribution in [0.1, 0.15) is 12.0 Å². The molecule has 3 heterocycles. The van der Waals surface area contributed by atoms with Gasteiger partial charge in [0.25, 0.3) is 0 Å². The molecule has 4 rings (SSSR count). The van der Waals surface area contributed by atoms with Gasteiger partial charge in [-0.15, -0.1) is 0 Å². The van der Waals surface area contributed by atoms with Crippen LogP contribution < -0.4 is 4.74 Å². The zero-order valence-corrected chi connectivity index (χ0v) is 9.94. The van der Waals surface area contributed by atoms with Crippen molar-refractivity contribution in [1.29, 1.82) is 0 Å². The Morgan fingerprint density at radius 1 is 1.41 bits per heavy atom. The molecule has 2 aliphatic rings. The van der Waals surface area contributed by atoms with E-state index in [2.05, 4.69) is 41.3 Å². The average Bonchev–Trinajstić information content (AvgIpc) is 2.83. The standard InChI is InChI=1S/C14H16N2O/c1-16-6-5-12-11(16)7-9-8-15-10-3-2-4-13(17-12)14(9)10/h2-4,8,11-12,15H,5-7H2,1H3/t11-,12+/m0/s1. The first-order valence-electron chi connectivity index (χ1n) is 6.29. The van der Waals surface area contributed by atoms with Crippen molar-refractivity contribution >= 4 is 10.9 Å². The molecule has 0 amide bonds. The van der Waals surface area contributed by atoms with Gasteiger partial charge in [0.1, 0.15) is 11.9 Å². The minimum Gasteiger partial charge on any atom is -0.488 e. The van der Waals surface area contributed by atoms with Crippen LogP contribution in [-0.4, -0.2) is 35.6 Å². The van der Waals surface area contributed by atoms with E-state index in [-0.39, 0.29) is 0 Å². The number of likely N-dealkylation sites (tertiary alicyclic amines) is 1. The van der Waals surface area contributed by atoms with E-state index in [9.17, 15) is 0 Å². The molecule has 3 nitrogen and oxygen atoms in total. The first-order chi connectivity index (χ1) is 8.33. The number of aromatic nitrogens is 1. The fourth-order valence-electron chi connectivity index (χ4n) is 3.26. The van der Waals surface area contributed by atoms with Gasteiger partial charge >= 0.3 is 0 Å². The predicted octanol–water partition coefficient (Wildman–Crippen LogP) is 2.18. The van der Waals surface area contributed by atoms with Crippen molar-refractivity contribution < 1.29 is 4.74 Å². The summed E-state index contributed by atoms with van der Waals surface area (Å²) < 4.78 is 6.22. The lowest BCUT2D eigenvalue weighted by molar-refractivity contribution is 0.155. The molecule has 0 saturated carbocycles. The van der Waals surface area contributed by atoms with Gasteiger partial charge in [-0.2, -0.15) is 0 Å². The normalized spacial score (nSPS) is 27.8. The number of hydrogen-bond acceptors (Lipinski definition) is 2. The fraction of sp³-hybridized carbons (Fsp3) is 0.429. The van der Waals surface area contributed by atoms with Crippen molar-refractivity contribution in [2.45, 2.75) is 25.0 Å². The van der Waals surface area contributed by atoms with E-state index in [1.165, 1.54) is 16.5 Å². The fourth-order valence-corrected chi connectivity index (χ4v) is 3.26. The Labute approximate surface area is 100 Å². The number of hydrogen-bond donors (Lipinski definition) is 1. The van der Waals surface area contributed by atoms with E-state index in [4.69, 9.17) is 4.74 Å². The zero-order chi connectivity index (χ0) is 11.4. The van der Waals surface area contributed by atoms with Gasteiger partial charge in [-0.05, 0) is 37.6 Å². The summed E-state index contributed by atoms with van der Waals surface area (Å²) >= 11 is 0. The van der Waals surface area contributed by atoms with Crippen LogP contribution in [0.25, 0.3) is 10.9 Å². The minimum atomic E-state index is 0.359.